The number of nitro benzene ring substituents is 1. The monoisotopic (exact) mass is 392 g/mol. The fourth-order valence-corrected chi connectivity index (χ4v) is 3.51. The van der Waals surface area contributed by atoms with E-state index in [0.717, 1.165) is 0 Å². The maximum atomic E-state index is 12.7. The Labute approximate surface area is 162 Å². The number of non-ortho nitro benzene ring substituents is 1. The zero-order chi connectivity index (χ0) is 21.1. The Morgan fingerprint density at radius 1 is 1.18 bits per heavy atom. The Morgan fingerprint density at radius 2 is 1.79 bits per heavy atom. The second-order valence-corrected chi connectivity index (χ2v) is 7.40. The first-order valence-electron chi connectivity index (χ1n) is 8.81. The predicted octanol–water partition coefficient (Wildman–Crippen LogP) is 1.63. The number of nitrogens with one attached hydrogen (secondary N) is 1. The van der Waals surface area contributed by atoms with Gasteiger partial charge in [0.05, 0.1) is 25.1 Å². The second-order valence-electron chi connectivity index (χ2n) is 7.40. The van der Waals surface area contributed by atoms with Crippen molar-refractivity contribution >= 4 is 23.5 Å². The molecule has 1 fully saturated rings. The summed E-state index contributed by atoms with van der Waals surface area (Å²) in [5.74, 6) is -2.14. The van der Waals surface area contributed by atoms with Crippen molar-refractivity contribution < 1.29 is 28.8 Å². The zero-order valence-corrected chi connectivity index (χ0v) is 16.3. The largest absolute Gasteiger partial charge is 0.469 e. The van der Waals surface area contributed by atoms with Crippen LogP contribution in [0.5, 0.6) is 0 Å². The Hall–Kier alpha value is -2.97. The van der Waals surface area contributed by atoms with Crippen LogP contribution < -0.4 is 5.32 Å². The molecule has 1 aliphatic carbocycles. The first kappa shape index (κ1) is 21.3. The molecule has 0 heterocycles. The van der Waals surface area contributed by atoms with Gasteiger partial charge in [-0.2, -0.15) is 0 Å². The molecule has 3 atom stereocenters. The van der Waals surface area contributed by atoms with Crippen LogP contribution in [0.2, 0.25) is 0 Å². The highest BCUT2D eigenvalue weighted by molar-refractivity contribution is 5.89. The number of methoxy groups -OCH3 is 2. The van der Waals surface area contributed by atoms with E-state index in [1.807, 2.05) is 13.8 Å². The van der Waals surface area contributed by atoms with Gasteiger partial charge in [0.25, 0.3) is 5.69 Å². The second kappa shape index (κ2) is 8.37. The van der Waals surface area contributed by atoms with Gasteiger partial charge in [-0.15, -0.1) is 0 Å². The lowest BCUT2D eigenvalue weighted by Gasteiger charge is -2.49. The summed E-state index contributed by atoms with van der Waals surface area (Å²) < 4.78 is 9.54. The number of esters is 2. The number of carbonyl (C=O) groups excluding carboxylic acids is 3. The molecule has 0 radical (unpaired) electrons. The quantitative estimate of drug-likeness (QED) is 0.425. The smallest absolute Gasteiger partial charge is 0.328 e. The van der Waals surface area contributed by atoms with Crippen LogP contribution in [0, 0.1) is 27.4 Å². The summed E-state index contributed by atoms with van der Waals surface area (Å²) in [6.45, 7) is 3.62. The van der Waals surface area contributed by atoms with Crippen molar-refractivity contribution in [3.63, 3.8) is 0 Å². The molecule has 1 N–H and O–H groups in total. The fraction of sp³-hybridized carbons (Fsp3) is 0.526. The van der Waals surface area contributed by atoms with Gasteiger partial charge >= 0.3 is 11.9 Å². The third-order valence-electron chi connectivity index (χ3n) is 5.46. The molecule has 1 aromatic rings. The highest BCUT2D eigenvalue weighted by atomic mass is 16.6. The molecule has 0 spiro atoms. The third kappa shape index (κ3) is 4.29. The number of ether oxygens (including phenoxy) is 2. The van der Waals surface area contributed by atoms with Gasteiger partial charge in [0, 0.05) is 24.5 Å². The zero-order valence-electron chi connectivity index (χ0n) is 16.3. The minimum absolute atomic E-state index is 0.0625. The molecule has 1 aromatic carbocycles. The number of nitro groups is 1. The van der Waals surface area contributed by atoms with E-state index in [2.05, 4.69) is 5.32 Å². The lowest BCUT2D eigenvalue weighted by atomic mass is 9.54. The van der Waals surface area contributed by atoms with Gasteiger partial charge in [0.15, 0.2) is 0 Å². The Bertz CT molecular complexity index is 773. The van der Waals surface area contributed by atoms with Gasteiger partial charge < -0.3 is 14.8 Å². The number of hydrogen-bond donors (Lipinski definition) is 1. The Morgan fingerprint density at radius 3 is 2.25 bits per heavy atom. The summed E-state index contributed by atoms with van der Waals surface area (Å²) in [5, 5.41) is 13.4. The average Bonchev–Trinajstić information content (AvgIpc) is 2.66. The maximum Gasteiger partial charge on any atom is 0.328 e. The number of carbonyl (C=O) groups is 3. The van der Waals surface area contributed by atoms with Gasteiger partial charge in [-0.1, -0.05) is 26.0 Å². The molecule has 0 bridgehead atoms. The summed E-state index contributed by atoms with van der Waals surface area (Å²) >= 11 is 0. The van der Waals surface area contributed by atoms with E-state index in [-0.39, 0.29) is 29.9 Å². The fourth-order valence-electron chi connectivity index (χ4n) is 3.51. The van der Waals surface area contributed by atoms with Crippen LogP contribution in [-0.2, 0) is 30.3 Å². The molecule has 2 rings (SSSR count). The number of rotatable bonds is 7. The standard InChI is InChI=1S/C19H24N2O7/c1-19(2)13(10-14(19)17(23)27-3)16(22)20-15(18(24)28-4)9-11-5-7-12(8-6-11)21(25)26/h5-8,13-15H,9-10H2,1-4H3,(H,20,22)/t13-,14+,15+/m1/s1. The molecule has 0 aliphatic heterocycles. The van der Waals surface area contributed by atoms with Crippen molar-refractivity contribution in [1.29, 1.82) is 0 Å². The first-order valence-corrected chi connectivity index (χ1v) is 8.81. The molecule has 1 aliphatic rings. The average molecular weight is 392 g/mol. The minimum Gasteiger partial charge on any atom is -0.469 e. The van der Waals surface area contributed by atoms with Gasteiger partial charge in [-0.3, -0.25) is 19.7 Å². The molecule has 0 aromatic heterocycles. The molecule has 0 saturated heterocycles. The molecular weight excluding hydrogens is 368 g/mol. The lowest BCUT2D eigenvalue weighted by Crippen LogP contribution is -2.57. The molecule has 28 heavy (non-hydrogen) atoms. The van der Waals surface area contributed by atoms with Gasteiger partial charge in [0.2, 0.25) is 5.91 Å². The minimum atomic E-state index is -0.938. The summed E-state index contributed by atoms with van der Waals surface area (Å²) in [6.07, 6.45) is 0.473. The van der Waals surface area contributed by atoms with Crippen molar-refractivity contribution in [1.82, 2.24) is 5.32 Å². The summed E-state index contributed by atoms with van der Waals surface area (Å²) in [4.78, 5) is 46.8. The number of hydrogen-bond acceptors (Lipinski definition) is 7. The van der Waals surface area contributed by atoms with E-state index in [1.54, 1.807) is 0 Å². The van der Waals surface area contributed by atoms with Crippen LogP contribution in [0.25, 0.3) is 0 Å². The van der Waals surface area contributed by atoms with Crippen molar-refractivity contribution in [3.8, 4) is 0 Å². The predicted molar refractivity (Wildman–Crippen MR) is 98.1 cm³/mol. The third-order valence-corrected chi connectivity index (χ3v) is 5.46. The SMILES string of the molecule is COC(=O)[C@H](Cc1ccc([N+](=O)[O-])cc1)NC(=O)[C@H]1C[C@@H](C(=O)OC)C1(C)C. The Kier molecular flexibility index (Phi) is 6.37. The van der Waals surface area contributed by atoms with Crippen molar-refractivity contribution in [2.45, 2.75) is 32.7 Å². The van der Waals surface area contributed by atoms with Crippen molar-refractivity contribution in [3.05, 3.63) is 39.9 Å². The molecule has 0 unspecified atom stereocenters. The van der Waals surface area contributed by atoms with Crippen LogP contribution in [0.1, 0.15) is 25.8 Å². The van der Waals surface area contributed by atoms with E-state index in [0.29, 0.717) is 12.0 Å². The molecular formula is C19H24N2O7. The molecule has 1 saturated carbocycles. The molecule has 9 heteroatoms. The summed E-state index contributed by atoms with van der Waals surface area (Å²) in [5.41, 5.74) is -0.0142. The van der Waals surface area contributed by atoms with Gasteiger partial charge in [-0.25, -0.2) is 4.79 Å². The maximum absolute atomic E-state index is 12.7. The topological polar surface area (TPSA) is 125 Å². The van der Waals surface area contributed by atoms with Crippen molar-refractivity contribution in [2.75, 3.05) is 14.2 Å². The number of amides is 1. The van der Waals surface area contributed by atoms with Gasteiger partial charge in [-0.05, 0) is 17.4 Å². The van der Waals surface area contributed by atoms with Gasteiger partial charge in [0.1, 0.15) is 6.04 Å². The van der Waals surface area contributed by atoms with E-state index in [1.165, 1.54) is 38.5 Å². The van der Waals surface area contributed by atoms with E-state index < -0.39 is 28.3 Å². The van der Waals surface area contributed by atoms with Crippen LogP contribution in [-0.4, -0.2) is 43.0 Å². The van der Waals surface area contributed by atoms with Crippen molar-refractivity contribution in [2.24, 2.45) is 17.3 Å². The van der Waals surface area contributed by atoms with Crippen LogP contribution >= 0.6 is 0 Å². The van der Waals surface area contributed by atoms with E-state index in [9.17, 15) is 24.5 Å². The molecule has 1 amide bonds. The highest BCUT2D eigenvalue weighted by Gasteiger charge is 2.55. The van der Waals surface area contributed by atoms with E-state index in [4.69, 9.17) is 9.47 Å². The lowest BCUT2D eigenvalue weighted by molar-refractivity contribution is -0.384. The Balaban J connectivity index is 2.08. The normalized spacial score (nSPS) is 21.0. The number of benzene rings is 1. The van der Waals surface area contributed by atoms with E-state index >= 15 is 0 Å². The molecule has 9 nitrogen and oxygen atoms in total. The first-order chi connectivity index (χ1) is 13.1. The number of nitrogens with zero attached hydrogens (tertiary/aromatic N) is 1. The highest BCUT2D eigenvalue weighted by Crippen LogP contribution is 2.51. The summed E-state index contributed by atoms with van der Waals surface area (Å²) in [6, 6.07) is 4.79. The van der Waals surface area contributed by atoms with Crippen LogP contribution in [0.15, 0.2) is 24.3 Å². The molecule has 152 valence electrons. The van der Waals surface area contributed by atoms with Crippen LogP contribution in [0.3, 0.4) is 0 Å². The summed E-state index contributed by atoms with van der Waals surface area (Å²) in [7, 11) is 2.53. The van der Waals surface area contributed by atoms with Crippen LogP contribution in [0.4, 0.5) is 5.69 Å².